The van der Waals surface area contributed by atoms with E-state index in [4.69, 9.17) is 4.74 Å². The monoisotopic (exact) mass is 282 g/mol. The maximum absolute atomic E-state index is 5.60. The molecule has 0 atom stereocenters. The zero-order valence-corrected chi connectivity index (χ0v) is 13.8. The van der Waals surface area contributed by atoms with E-state index in [1.54, 1.807) is 0 Å². The molecule has 0 unspecified atom stereocenters. The molecule has 2 fully saturated rings. The molecule has 1 N–H and O–H groups in total. The summed E-state index contributed by atoms with van der Waals surface area (Å²) >= 11 is 0. The molecule has 0 aromatic carbocycles. The molecule has 0 amide bonds. The maximum Gasteiger partial charge on any atom is 0.0593 e. The number of rotatable bonds is 4. The molecular weight excluding hydrogens is 248 g/mol. The van der Waals surface area contributed by atoms with Gasteiger partial charge in [-0.1, -0.05) is 19.3 Å². The molecule has 1 aliphatic carbocycles. The van der Waals surface area contributed by atoms with Crippen molar-refractivity contribution < 1.29 is 4.74 Å². The average molecular weight is 282 g/mol. The Morgan fingerprint density at radius 3 is 2.45 bits per heavy atom. The first-order chi connectivity index (χ1) is 9.49. The van der Waals surface area contributed by atoms with E-state index in [-0.39, 0.29) is 5.54 Å². The first kappa shape index (κ1) is 16.3. The number of ether oxygens (including phenoxy) is 1. The third-order valence-corrected chi connectivity index (χ3v) is 4.78. The summed E-state index contributed by atoms with van der Waals surface area (Å²) in [5, 5.41) is 3.78. The van der Waals surface area contributed by atoms with Crippen molar-refractivity contribution in [2.75, 3.05) is 39.4 Å². The lowest BCUT2D eigenvalue weighted by molar-refractivity contribution is 0.0882. The summed E-state index contributed by atoms with van der Waals surface area (Å²) in [4.78, 5) is 2.66. The molecule has 1 aliphatic heterocycles. The summed E-state index contributed by atoms with van der Waals surface area (Å²) in [7, 11) is 0. The van der Waals surface area contributed by atoms with E-state index in [2.05, 4.69) is 31.0 Å². The van der Waals surface area contributed by atoms with Crippen LogP contribution in [0.25, 0.3) is 0 Å². The van der Waals surface area contributed by atoms with Crippen molar-refractivity contribution in [3.05, 3.63) is 0 Å². The van der Waals surface area contributed by atoms with Gasteiger partial charge in [-0.25, -0.2) is 0 Å². The Morgan fingerprint density at radius 1 is 1.00 bits per heavy atom. The van der Waals surface area contributed by atoms with E-state index in [0.717, 1.165) is 19.8 Å². The Morgan fingerprint density at radius 2 is 1.75 bits per heavy atom. The Bertz CT molecular complexity index is 271. The van der Waals surface area contributed by atoms with E-state index in [9.17, 15) is 0 Å². The van der Waals surface area contributed by atoms with Gasteiger partial charge in [-0.2, -0.15) is 0 Å². The van der Waals surface area contributed by atoms with Gasteiger partial charge in [0.1, 0.15) is 0 Å². The van der Waals surface area contributed by atoms with E-state index in [1.165, 1.54) is 58.2 Å². The Labute approximate surface area is 125 Å². The molecule has 3 nitrogen and oxygen atoms in total. The first-order valence-corrected chi connectivity index (χ1v) is 8.54. The van der Waals surface area contributed by atoms with Gasteiger partial charge in [0.05, 0.1) is 6.61 Å². The maximum atomic E-state index is 5.60. The molecule has 20 heavy (non-hydrogen) atoms. The minimum atomic E-state index is 0.229. The fourth-order valence-electron chi connectivity index (χ4n) is 3.58. The molecule has 2 rings (SSSR count). The van der Waals surface area contributed by atoms with Gasteiger partial charge in [-0.05, 0) is 45.4 Å². The normalized spacial score (nSPS) is 25.4. The van der Waals surface area contributed by atoms with E-state index < -0.39 is 0 Å². The highest BCUT2D eigenvalue weighted by atomic mass is 16.5. The first-order valence-electron chi connectivity index (χ1n) is 8.54. The van der Waals surface area contributed by atoms with Gasteiger partial charge in [-0.15, -0.1) is 0 Å². The van der Waals surface area contributed by atoms with E-state index >= 15 is 0 Å². The molecule has 0 spiro atoms. The van der Waals surface area contributed by atoms with Crippen LogP contribution in [0.15, 0.2) is 0 Å². The van der Waals surface area contributed by atoms with E-state index in [0.29, 0.717) is 5.41 Å². The number of hydrogen-bond acceptors (Lipinski definition) is 3. The molecule has 0 aromatic heterocycles. The number of nitrogens with one attached hydrogen (secondary N) is 1. The predicted molar refractivity (Wildman–Crippen MR) is 85.1 cm³/mol. The van der Waals surface area contributed by atoms with Gasteiger partial charge in [0.25, 0.3) is 0 Å². The summed E-state index contributed by atoms with van der Waals surface area (Å²) in [5.74, 6) is 0. The standard InChI is InChI=1S/C17H34N2O/c1-16(2,3)18-14-17(8-5-4-6-9-17)15-19-10-7-12-20-13-11-19/h18H,4-15H2,1-3H3. The Balaban J connectivity index is 1.94. The summed E-state index contributed by atoms with van der Waals surface area (Å²) < 4.78 is 5.60. The molecule has 1 saturated carbocycles. The van der Waals surface area contributed by atoms with Crippen LogP contribution >= 0.6 is 0 Å². The van der Waals surface area contributed by atoms with Crippen molar-refractivity contribution >= 4 is 0 Å². The van der Waals surface area contributed by atoms with Gasteiger partial charge in [0.15, 0.2) is 0 Å². The highest BCUT2D eigenvalue weighted by molar-refractivity contribution is 4.90. The van der Waals surface area contributed by atoms with Crippen molar-refractivity contribution in [2.45, 2.75) is 64.8 Å². The topological polar surface area (TPSA) is 24.5 Å². The van der Waals surface area contributed by atoms with Gasteiger partial charge < -0.3 is 15.0 Å². The Kier molecular flexibility index (Phi) is 5.88. The van der Waals surface area contributed by atoms with Gasteiger partial charge in [0.2, 0.25) is 0 Å². The van der Waals surface area contributed by atoms with E-state index in [1.807, 2.05) is 0 Å². The second-order valence-electron chi connectivity index (χ2n) is 7.91. The molecule has 1 saturated heterocycles. The molecule has 118 valence electrons. The van der Waals surface area contributed by atoms with Crippen LogP contribution in [0.4, 0.5) is 0 Å². The van der Waals surface area contributed by atoms with Gasteiger partial charge in [0, 0.05) is 38.3 Å². The summed E-state index contributed by atoms with van der Waals surface area (Å²) in [6.45, 7) is 13.5. The second-order valence-corrected chi connectivity index (χ2v) is 7.91. The molecule has 3 heteroatoms. The van der Waals surface area contributed by atoms with Crippen LogP contribution in [0.1, 0.15) is 59.3 Å². The molecule has 0 bridgehead atoms. The fraction of sp³-hybridized carbons (Fsp3) is 1.00. The summed E-state index contributed by atoms with van der Waals surface area (Å²) in [6, 6.07) is 0. The lowest BCUT2D eigenvalue weighted by Crippen LogP contribution is -2.50. The van der Waals surface area contributed by atoms with Crippen LogP contribution in [0, 0.1) is 5.41 Å². The highest BCUT2D eigenvalue weighted by Crippen LogP contribution is 2.37. The van der Waals surface area contributed by atoms with Crippen LogP contribution in [0.5, 0.6) is 0 Å². The van der Waals surface area contributed by atoms with Crippen molar-refractivity contribution in [1.82, 2.24) is 10.2 Å². The summed E-state index contributed by atoms with van der Waals surface area (Å²) in [5.41, 5.74) is 0.724. The SMILES string of the molecule is CC(C)(C)NCC1(CN2CCCOCC2)CCCCC1. The molecular formula is C17H34N2O. The van der Waals surface area contributed by atoms with Crippen LogP contribution in [-0.4, -0.2) is 49.8 Å². The zero-order valence-electron chi connectivity index (χ0n) is 13.8. The molecule has 0 aromatic rings. The summed E-state index contributed by atoms with van der Waals surface area (Å²) in [6.07, 6.45) is 8.25. The number of hydrogen-bond donors (Lipinski definition) is 1. The molecule has 2 aliphatic rings. The van der Waals surface area contributed by atoms with Crippen molar-refractivity contribution in [3.63, 3.8) is 0 Å². The lowest BCUT2D eigenvalue weighted by Gasteiger charge is -2.42. The number of nitrogens with zero attached hydrogens (tertiary/aromatic N) is 1. The van der Waals surface area contributed by atoms with Crippen molar-refractivity contribution in [3.8, 4) is 0 Å². The van der Waals surface area contributed by atoms with Crippen LogP contribution in [0.3, 0.4) is 0 Å². The second kappa shape index (κ2) is 7.24. The van der Waals surface area contributed by atoms with Crippen molar-refractivity contribution in [2.24, 2.45) is 5.41 Å². The zero-order chi connectivity index (χ0) is 14.5. The van der Waals surface area contributed by atoms with Crippen molar-refractivity contribution in [1.29, 1.82) is 0 Å². The molecule has 1 heterocycles. The average Bonchev–Trinajstić information content (AvgIpc) is 2.66. The fourth-order valence-corrected chi connectivity index (χ4v) is 3.58. The quantitative estimate of drug-likeness (QED) is 0.858. The minimum absolute atomic E-state index is 0.229. The smallest absolute Gasteiger partial charge is 0.0593 e. The van der Waals surface area contributed by atoms with Crippen LogP contribution < -0.4 is 5.32 Å². The van der Waals surface area contributed by atoms with Crippen LogP contribution in [0.2, 0.25) is 0 Å². The highest BCUT2D eigenvalue weighted by Gasteiger charge is 2.34. The van der Waals surface area contributed by atoms with Gasteiger partial charge >= 0.3 is 0 Å². The third-order valence-electron chi connectivity index (χ3n) is 4.78. The lowest BCUT2D eigenvalue weighted by atomic mass is 9.73. The predicted octanol–water partition coefficient (Wildman–Crippen LogP) is 3.05. The van der Waals surface area contributed by atoms with Gasteiger partial charge in [-0.3, -0.25) is 0 Å². The third kappa shape index (κ3) is 5.34. The van der Waals surface area contributed by atoms with Crippen LogP contribution in [-0.2, 0) is 4.74 Å². The minimum Gasteiger partial charge on any atom is -0.380 e. The molecule has 0 radical (unpaired) electrons. The Hall–Kier alpha value is -0.120. The largest absolute Gasteiger partial charge is 0.380 e.